The Morgan fingerprint density at radius 2 is 1.40 bits per heavy atom. The van der Waals surface area contributed by atoms with Crippen molar-refractivity contribution in [2.75, 3.05) is 19.6 Å². The first-order chi connectivity index (χ1) is 24.0. The Bertz CT molecular complexity index is 1360. The van der Waals surface area contributed by atoms with Crippen LogP contribution in [0.4, 0.5) is 0 Å². The molecule has 50 heavy (non-hydrogen) atoms. The highest BCUT2D eigenvalue weighted by atomic mass is 16.2. The molecule has 0 aliphatic carbocycles. The van der Waals surface area contributed by atoms with Crippen molar-refractivity contribution in [1.82, 2.24) is 15.5 Å². The van der Waals surface area contributed by atoms with Gasteiger partial charge in [0.25, 0.3) is 0 Å². The predicted octanol–water partition coefficient (Wildman–Crippen LogP) is 4.13. The monoisotopic (exact) mass is 689 g/mol. The highest BCUT2D eigenvalue weighted by molar-refractivity contribution is 5.95. The van der Waals surface area contributed by atoms with E-state index in [-0.39, 0.29) is 48.1 Å². The standard InChI is InChI=1S/C40H59N5O5/c1-4-33(46)24-31-18-21-45(22-19-31)40(50)35(17-11-12-20-41)43-38(48)32(23-28(2)3)27-37(47)36(26-30-15-9-6-10-16-30)44-39(49)34(42)25-29-13-7-5-8-14-29/h5-10,13-16,28,31-32,34-36H,4,11-12,17-27,41-42H2,1-3H3,(H,43,48)(H,44,49)/t32-,34+,35+,36+/m0/s1. The molecule has 0 spiro atoms. The van der Waals surface area contributed by atoms with E-state index in [4.69, 9.17) is 11.5 Å². The Morgan fingerprint density at radius 3 is 1.96 bits per heavy atom. The SMILES string of the molecule is CCC(=O)CC1CCN(C(=O)[C@@H](CCCCN)NC(=O)[C@H](CC(=O)[C@@H](Cc2ccccc2)NC(=O)[C@H](N)Cc2ccccc2)CC(C)C)CC1. The van der Waals surface area contributed by atoms with Crippen LogP contribution in [0.15, 0.2) is 60.7 Å². The van der Waals surface area contributed by atoms with Gasteiger partial charge in [-0.2, -0.15) is 0 Å². The first-order valence-electron chi connectivity index (χ1n) is 18.5. The average molecular weight is 690 g/mol. The van der Waals surface area contributed by atoms with E-state index in [2.05, 4.69) is 10.6 Å². The molecule has 1 saturated heterocycles. The molecule has 4 atom stereocenters. The zero-order valence-electron chi connectivity index (χ0n) is 30.3. The lowest BCUT2D eigenvalue weighted by Crippen LogP contribution is -2.53. The second kappa shape index (κ2) is 21.4. The minimum absolute atomic E-state index is 0.0870. The van der Waals surface area contributed by atoms with Crippen LogP contribution in [0.3, 0.4) is 0 Å². The van der Waals surface area contributed by atoms with E-state index in [9.17, 15) is 24.0 Å². The Balaban J connectivity index is 1.74. The lowest BCUT2D eigenvalue weighted by molar-refractivity contribution is -0.139. The van der Waals surface area contributed by atoms with Crippen LogP contribution in [0.5, 0.6) is 0 Å². The van der Waals surface area contributed by atoms with Gasteiger partial charge < -0.3 is 27.0 Å². The predicted molar refractivity (Wildman–Crippen MR) is 197 cm³/mol. The Kier molecular flexibility index (Phi) is 17.3. The molecule has 0 bridgehead atoms. The maximum absolute atomic E-state index is 14.0. The zero-order chi connectivity index (χ0) is 36.5. The largest absolute Gasteiger partial charge is 0.345 e. The highest BCUT2D eigenvalue weighted by Crippen LogP contribution is 2.24. The Labute approximate surface area is 298 Å². The summed E-state index contributed by atoms with van der Waals surface area (Å²) in [5.74, 6) is -1.23. The quantitative estimate of drug-likeness (QED) is 0.143. The lowest BCUT2D eigenvalue weighted by Gasteiger charge is -2.35. The zero-order valence-corrected chi connectivity index (χ0v) is 30.3. The second-order valence-corrected chi connectivity index (χ2v) is 14.3. The number of amides is 3. The average Bonchev–Trinajstić information content (AvgIpc) is 3.11. The fraction of sp³-hybridized carbons (Fsp3) is 0.575. The van der Waals surface area contributed by atoms with Crippen molar-refractivity contribution in [2.24, 2.45) is 29.2 Å². The first-order valence-corrected chi connectivity index (χ1v) is 18.5. The van der Waals surface area contributed by atoms with Crippen LogP contribution >= 0.6 is 0 Å². The van der Waals surface area contributed by atoms with Crippen LogP contribution in [0.2, 0.25) is 0 Å². The summed E-state index contributed by atoms with van der Waals surface area (Å²) in [4.78, 5) is 68.9. The molecule has 1 heterocycles. The number of Topliss-reactive ketones (excluding diaryl/α,β-unsaturated/α-hetero) is 2. The molecule has 0 unspecified atom stereocenters. The van der Waals surface area contributed by atoms with Crippen LogP contribution in [-0.2, 0) is 36.8 Å². The topological polar surface area (TPSA) is 165 Å². The smallest absolute Gasteiger partial charge is 0.245 e. The van der Waals surface area contributed by atoms with Gasteiger partial charge in [0.1, 0.15) is 11.8 Å². The van der Waals surface area contributed by atoms with Gasteiger partial charge in [-0.15, -0.1) is 0 Å². The van der Waals surface area contributed by atoms with Crippen LogP contribution in [0.1, 0.15) is 89.7 Å². The van der Waals surface area contributed by atoms with Crippen molar-refractivity contribution in [3.63, 3.8) is 0 Å². The summed E-state index contributed by atoms with van der Waals surface area (Å²) in [5, 5.41) is 5.93. The molecule has 0 radical (unpaired) electrons. The molecular formula is C40H59N5O5. The van der Waals surface area contributed by atoms with Crippen molar-refractivity contribution < 1.29 is 24.0 Å². The number of benzene rings is 2. The molecule has 2 aromatic carbocycles. The van der Waals surface area contributed by atoms with Gasteiger partial charge in [-0.05, 0) is 80.9 Å². The summed E-state index contributed by atoms with van der Waals surface area (Å²) in [6.45, 7) is 7.44. The third kappa shape index (κ3) is 13.8. The van der Waals surface area contributed by atoms with Gasteiger partial charge in [0, 0.05) is 38.3 Å². The van der Waals surface area contributed by atoms with Gasteiger partial charge >= 0.3 is 0 Å². The Hall–Kier alpha value is -3.89. The van der Waals surface area contributed by atoms with E-state index in [1.807, 2.05) is 81.4 Å². The van der Waals surface area contributed by atoms with Gasteiger partial charge in [-0.3, -0.25) is 24.0 Å². The van der Waals surface area contributed by atoms with E-state index in [0.29, 0.717) is 58.2 Å². The van der Waals surface area contributed by atoms with Gasteiger partial charge in [0.2, 0.25) is 17.7 Å². The number of likely N-dealkylation sites (tertiary alicyclic amines) is 1. The summed E-state index contributed by atoms with van der Waals surface area (Å²) in [6, 6.07) is 16.5. The molecule has 1 aliphatic heterocycles. The summed E-state index contributed by atoms with van der Waals surface area (Å²) >= 11 is 0. The number of nitrogens with two attached hydrogens (primary N) is 2. The van der Waals surface area contributed by atoms with Crippen molar-refractivity contribution in [1.29, 1.82) is 0 Å². The maximum Gasteiger partial charge on any atom is 0.245 e. The summed E-state index contributed by atoms with van der Waals surface area (Å²) in [7, 11) is 0. The molecule has 6 N–H and O–H groups in total. The lowest BCUT2D eigenvalue weighted by atomic mass is 9.88. The molecule has 3 amide bonds. The van der Waals surface area contributed by atoms with Gasteiger partial charge in [0.05, 0.1) is 12.1 Å². The third-order valence-electron chi connectivity index (χ3n) is 9.60. The van der Waals surface area contributed by atoms with E-state index >= 15 is 0 Å². The van der Waals surface area contributed by atoms with Crippen LogP contribution in [-0.4, -0.2) is 71.9 Å². The number of ketones is 2. The number of rotatable bonds is 21. The van der Waals surface area contributed by atoms with Gasteiger partial charge in [-0.25, -0.2) is 0 Å². The molecule has 1 fully saturated rings. The number of hydrogen-bond donors (Lipinski definition) is 4. The Morgan fingerprint density at radius 1 is 0.820 bits per heavy atom. The summed E-state index contributed by atoms with van der Waals surface area (Å²) in [5.41, 5.74) is 13.8. The molecule has 10 heteroatoms. The van der Waals surface area contributed by atoms with E-state index < -0.39 is 30.0 Å². The minimum atomic E-state index is -0.878. The molecule has 2 aromatic rings. The molecule has 0 saturated carbocycles. The molecule has 0 aromatic heterocycles. The van der Waals surface area contributed by atoms with Gasteiger partial charge in [-0.1, -0.05) is 81.4 Å². The summed E-state index contributed by atoms with van der Waals surface area (Å²) < 4.78 is 0. The number of piperidine rings is 1. The molecule has 1 aliphatic rings. The van der Waals surface area contributed by atoms with E-state index in [1.54, 1.807) is 4.90 Å². The van der Waals surface area contributed by atoms with Crippen LogP contribution < -0.4 is 22.1 Å². The fourth-order valence-corrected chi connectivity index (χ4v) is 6.66. The van der Waals surface area contributed by atoms with Crippen molar-refractivity contribution in [3.8, 4) is 0 Å². The number of nitrogens with one attached hydrogen (secondary N) is 2. The molecule has 3 rings (SSSR count). The van der Waals surface area contributed by atoms with Crippen molar-refractivity contribution >= 4 is 29.3 Å². The summed E-state index contributed by atoms with van der Waals surface area (Å²) in [6.07, 6.45) is 5.38. The third-order valence-corrected chi connectivity index (χ3v) is 9.60. The van der Waals surface area contributed by atoms with Crippen molar-refractivity contribution in [3.05, 3.63) is 71.8 Å². The molecular weight excluding hydrogens is 630 g/mol. The van der Waals surface area contributed by atoms with Crippen LogP contribution in [0, 0.1) is 17.8 Å². The van der Waals surface area contributed by atoms with Gasteiger partial charge in [0.15, 0.2) is 5.78 Å². The maximum atomic E-state index is 14.0. The fourth-order valence-electron chi connectivity index (χ4n) is 6.66. The highest BCUT2D eigenvalue weighted by Gasteiger charge is 2.34. The second-order valence-electron chi connectivity index (χ2n) is 14.3. The van der Waals surface area contributed by atoms with E-state index in [0.717, 1.165) is 30.4 Å². The normalized spacial score (nSPS) is 15.9. The number of unbranched alkanes of at least 4 members (excludes halogenated alkanes) is 1. The number of nitrogens with zero attached hydrogens (tertiary/aromatic N) is 1. The minimum Gasteiger partial charge on any atom is -0.345 e. The number of hydrogen-bond acceptors (Lipinski definition) is 7. The number of carbonyl (C=O) groups excluding carboxylic acids is 5. The van der Waals surface area contributed by atoms with Crippen LogP contribution in [0.25, 0.3) is 0 Å². The van der Waals surface area contributed by atoms with E-state index in [1.165, 1.54) is 0 Å². The first kappa shape index (κ1) is 40.5. The number of carbonyl (C=O) groups is 5. The molecule has 10 nitrogen and oxygen atoms in total. The van der Waals surface area contributed by atoms with Crippen molar-refractivity contribution in [2.45, 2.75) is 110 Å². The molecule has 274 valence electrons.